The Morgan fingerprint density at radius 1 is 1.10 bits per heavy atom. The second-order valence-corrected chi connectivity index (χ2v) is 8.33. The lowest BCUT2D eigenvalue weighted by atomic mass is 9.89. The third kappa shape index (κ3) is 4.18. The SMILES string of the molecule is COc1ccc(-c2csc(-c3cc(NC(=O)C4CCCCC4)n(C)n3)n2)cc1OC. The second kappa shape index (κ2) is 8.87. The molecule has 0 unspecified atom stereocenters. The molecule has 0 aliphatic heterocycles. The summed E-state index contributed by atoms with van der Waals surface area (Å²) in [6.07, 6.45) is 5.43. The average molecular weight is 427 g/mol. The Labute approximate surface area is 180 Å². The van der Waals surface area contributed by atoms with Gasteiger partial charge in [-0.1, -0.05) is 19.3 Å². The van der Waals surface area contributed by atoms with Gasteiger partial charge >= 0.3 is 0 Å². The van der Waals surface area contributed by atoms with Gasteiger partial charge in [-0.3, -0.25) is 9.48 Å². The first-order valence-corrected chi connectivity index (χ1v) is 11.0. The van der Waals surface area contributed by atoms with Crippen molar-refractivity contribution in [1.29, 1.82) is 0 Å². The summed E-state index contributed by atoms with van der Waals surface area (Å²) < 4.78 is 12.4. The van der Waals surface area contributed by atoms with Crippen molar-refractivity contribution in [3.05, 3.63) is 29.6 Å². The highest BCUT2D eigenvalue weighted by molar-refractivity contribution is 7.13. The first-order chi connectivity index (χ1) is 14.6. The van der Waals surface area contributed by atoms with E-state index in [4.69, 9.17) is 14.5 Å². The highest BCUT2D eigenvalue weighted by Crippen LogP contribution is 2.35. The van der Waals surface area contributed by atoms with Crippen LogP contribution in [0.1, 0.15) is 32.1 Å². The van der Waals surface area contributed by atoms with E-state index in [1.807, 2.05) is 36.7 Å². The highest BCUT2D eigenvalue weighted by Gasteiger charge is 2.22. The van der Waals surface area contributed by atoms with Gasteiger partial charge in [-0.25, -0.2) is 4.98 Å². The summed E-state index contributed by atoms with van der Waals surface area (Å²) in [5.74, 6) is 2.24. The Balaban J connectivity index is 1.52. The molecule has 0 bridgehead atoms. The van der Waals surface area contributed by atoms with Crippen LogP contribution in [0.25, 0.3) is 22.0 Å². The molecule has 8 heteroatoms. The lowest BCUT2D eigenvalue weighted by molar-refractivity contribution is -0.120. The van der Waals surface area contributed by atoms with Gasteiger partial charge in [-0.15, -0.1) is 11.3 Å². The smallest absolute Gasteiger partial charge is 0.228 e. The van der Waals surface area contributed by atoms with Gasteiger partial charge in [-0.2, -0.15) is 5.10 Å². The van der Waals surface area contributed by atoms with Crippen LogP contribution in [0.5, 0.6) is 11.5 Å². The van der Waals surface area contributed by atoms with Crippen LogP contribution in [0, 0.1) is 5.92 Å². The van der Waals surface area contributed by atoms with Crippen molar-refractivity contribution in [2.45, 2.75) is 32.1 Å². The molecule has 30 heavy (non-hydrogen) atoms. The van der Waals surface area contributed by atoms with E-state index in [2.05, 4.69) is 10.4 Å². The number of ether oxygens (including phenoxy) is 2. The first kappa shape index (κ1) is 20.4. The van der Waals surface area contributed by atoms with E-state index in [0.29, 0.717) is 17.3 Å². The van der Waals surface area contributed by atoms with Gasteiger partial charge in [0.2, 0.25) is 5.91 Å². The first-order valence-electron chi connectivity index (χ1n) is 10.1. The summed E-state index contributed by atoms with van der Waals surface area (Å²) in [7, 11) is 5.07. The molecular weight excluding hydrogens is 400 g/mol. The fourth-order valence-electron chi connectivity index (χ4n) is 3.80. The van der Waals surface area contributed by atoms with Crippen molar-refractivity contribution < 1.29 is 14.3 Å². The quantitative estimate of drug-likeness (QED) is 0.616. The maximum Gasteiger partial charge on any atom is 0.228 e. The Bertz CT molecular complexity index is 1040. The monoisotopic (exact) mass is 426 g/mol. The van der Waals surface area contributed by atoms with E-state index in [0.717, 1.165) is 47.6 Å². The molecule has 1 aromatic carbocycles. The molecule has 4 rings (SSSR count). The number of hydrogen-bond acceptors (Lipinski definition) is 6. The minimum absolute atomic E-state index is 0.0920. The van der Waals surface area contributed by atoms with Gasteiger partial charge in [0.25, 0.3) is 0 Å². The predicted octanol–water partition coefficient (Wildman–Crippen LogP) is 4.75. The minimum atomic E-state index is 0.0920. The van der Waals surface area contributed by atoms with E-state index in [1.165, 1.54) is 17.8 Å². The van der Waals surface area contributed by atoms with Gasteiger partial charge in [-0.05, 0) is 31.0 Å². The van der Waals surface area contributed by atoms with Crippen molar-refractivity contribution >= 4 is 23.1 Å². The van der Waals surface area contributed by atoms with Crippen LogP contribution in [0.4, 0.5) is 5.82 Å². The van der Waals surface area contributed by atoms with Gasteiger partial charge in [0.05, 0.1) is 19.9 Å². The molecule has 3 aromatic rings. The third-order valence-electron chi connectivity index (χ3n) is 5.51. The Morgan fingerprint density at radius 3 is 2.60 bits per heavy atom. The summed E-state index contributed by atoms with van der Waals surface area (Å²) in [4.78, 5) is 17.3. The van der Waals surface area contributed by atoms with Crippen LogP contribution >= 0.6 is 11.3 Å². The molecule has 1 fully saturated rings. The molecule has 1 aliphatic carbocycles. The molecule has 0 atom stereocenters. The lowest BCUT2D eigenvalue weighted by Crippen LogP contribution is -2.25. The third-order valence-corrected chi connectivity index (χ3v) is 6.37. The summed E-state index contributed by atoms with van der Waals surface area (Å²) >= 11 is 1.52. The zero-order chi connectivity index (χ0) is 21.1. The Hall–Kier alpha value is -2.87. The minimum Gasteiger partial charge on any atom is -0.493 e. The van der Waals surface area contributed by atoms with Gasteiger partial charge in [0.1, 0.15) is 16.5 Å². The predicted molar refractivity (Wildman–Crippen MR) is 118 cm³/mol. The topological polar surface area (TPSA) is 78.3 Å². The molecule has 0 spiro atoms. The largest absolute Gasteiger partial charge is 0.493 e. The zero-order valence-corrected chi connectivity index (χ0v) is 18.3. The Kier molecular flexibility index (Phi) is 6.03. The summed E-state index contributed by atoms with van der Waals surface area (Å²) in [5, 5.41) is 10.4. The van der Waals surface area contributed by atoms with Crippen LogP contribution in [0.2, 0.25) is 0 Å². The molecule has 1 amide bonds. The number of amides is 1. The number of methoxy groups -OCH3 is 2. The van der Waals surface area contributed by atoms with Crippen LogP contribution in [-0.4, -0.2) is 34.9 Å². The molecule has 2 heterocycles. The van der Waals surface area contributed by atoms with Crippen LogP contribution in [0.3, 0.4) is 0 Å². The number of nitrogens with zero attached hydrogens (tertiary/aromatic N) is 3. The maximum atomic E-state index is 12.6. The number of carbonyl (C=O) groups is 1. The average Bonchev–Trinajstić information content (AvgIpc) is 3.41. The second-order valence-electron chi connectivity index (χ2n) is 7.47. The molecule has 1 saturated carbocycles. The fourth-order valence-corrected chi connectivity index (χ4v) is 4.58. The molecular formula is C22H26N4O3S. The van der Waals surface area contributed by atoms with Crippen LogP contribution in [-0.2, 0) is 11.8 Å². The van der Waals surface area contributed by atoms with Crippen LogP contribution < -0.4 is 14.8 Å². The van der Waals surface area contributed by atoms with Crippen molar-refractivity contribution in [1.82, 2.24) is 14.8 Å². The number of anilines is 1. The fraction of sp³-hybridized carbons (Fsp3) is 0.409. The van der Waals surface area contributed by atoms with Gasteiger partial charge in [0, 0.05) is 30.0 Å². The lowest BCUT2D eigenvalue weighted by Gasteiger charge is -2.20. The number of nitrogens with one attached hydrogen (secondary N) is 1. The normalized spacial score (nSPS) is 14.5. The number of hydrogen-bond donors (Lipinski definition) is 1. The van der Waals surface area contributed by atoms with E-state index < -0.39 is 0 Å². The standard InChI is InChI=1S/C22H26N4O3S/c1-26-20(24-21(27)14-7-5-4-6-8-14)12-16(25-26)22-23-17(13-30-22)15-9-10-18(28-2)19(11-15)29-3/h9-14H,4-8H2,1-3H3,(H,24,27). The maximum absolute atomic E-state index is 12.6. The number of rotatable bonds is 6. The molecule has 1 N–H and O–H groups in total. The van der Waals surface area contributed by atoms with E-state index >= 15 is 0 Å². The molecule has 2 aromatic heterocycles. The number of aromatic nitrogens is 3. The molecule has 1 aliphatic rings. The molecule has 0 radical (unpaired) electrons. The number of aryl methyl sites for hydroxylation is 1. The van der Waals surface area contributed by atoms with Crippen molar-refractivity contribution in [2.75, 3.05) is 19.5 Å². The zero-order valence-electron chi connectivity index (χ0n) is 17.5. The van der Waals surface area contributed by atoms with Gasteiger partial charge < -0.3 is 14.8 Å². The van der Waals surface area contributed by atoms with Crippen LogP contribution in [0.15, 0.2) is 29.6 Å². The van der Waals surface area contributed by atoms with Gasteiger partial charge in [0.15, 0.2) is 11.5 Å². The summed E-state index contributed by atoms with van der Waals surface area (Å²) in [5.41, 5.74) is 2.53. The number of thiazole rings is 1. The van der Waals surface area contributed by atoms with Crippen molar-refractivity contribution in [3.8, 4) is 33.5 Å². The van der Waals surface area contributed by atoms with E-state index in [9.17, 15) is 4.79 Å². The molecule has 0 saturated heterocycles. The number of benzene rings is 1. The van der Waals surface area contributed by atoms with Crippen molar-refractivity contribution in [3.63, 3.8) is 0 Å². The van der Waals surface area contributed by atoms with E-state index in [-0.39, 0.29) is 11.8 Å². The summed E-state index contributed by atoms with van der Waals surface area (Å²) in [6, 6.07) is 7.62. The van der Waals surface area contributed by atoms with Crippen molar-refractivity contribution in [2.24, 2.45) is 13.0 Å². The molecule has 158 valence electrons. The summed E-state index contributed by atoms with van der Waals surface area (Å²) in [6.45, 7) is 0. The number of carbonyl (C=O) groups excluding carboxylic acids is 1. The Morgan fingerprint density at radius 2 is 1.87 bits per heavy atom. The highest BCUT2D eigenvalue weighted by atomic mass is 32.1. The molecule has 7 nitrogen and oxygen atoms in total. The van der Waals surface area contributed by atoms with E-state index in [1.54, 1.807) is 18.9 Å².